The molecule has 120 valence electrons. The maximum absolute atomic E-state index is 12.6. The number of carbonyl (C=O) groups excluding carboxylic acids is 1. The molecule has 0 aromatic heterocycles. The molecule has 0 bridgehead atoms. The highest BCUT2D eigenvalue weighted by Gasteiger charge is 2.39. The lowest BCUT2D eigenvalue weighted by molar-refractivity contribution is -0.142. The maximum atomic E-state index is 12.6. The molecule has 1 amide bonds. The van der Waals surface area contributed by atoms with Crippen LogP contribution in [0.25, 0.3) is 0 Å². The van der Waals surface area contributed by atoms with Crippen molar-refractivity contribution in [2.75, 3.05) is 26.8 Å². The molecular weight excluding hydrogens is 270 g/mol. The van der Waals surface area contributed by atoms with Crippen molar-refractivity contribution in [1.82, 2.24) is 4.90 Å². The molecule has 5 nitrogen and oxygen atoms in total. The van der Waals surface area contributed by atoms with Crippen molar-refractivity contribution >= 4 is 11.9 Å². The molecule has 1 atom stereocenters. The van der Waals surface area contributed by atoms with Crippen molar-refractivity contribution < 1.29 is 19.4 Å². The topological polar surface area (TPSA) is 66.8 Å². The predicted octanol–water partition coefficient (Wildman–Crippen LogP) is 2.30. The van der Waals surface area contributed by atoms with Gasteiger partial charge in [-0.15, -0.1) is 0 Å². The number of carboxylic acids is 1. The molecule has 1 aliphatic carbocycles. The van der Waals surface area contributed by atoms with Crippen LogP contribution in [-0.2, 0) is 14.3 Å². The number of carboxylic acid groups (broad SMARTS) is 1. The molecule has 1 unspecified atom stereocenters. The number of rotatable bonds is 6. The quantitative estimate of drug-likeness (QED) is 0.817. The number of amides is 1. The standard InChI is InChI=1S/C16H27NO4/c1-21-12-13-5-4-8-17(11-13)14(18)9-16(10-15(19)20)6-2-3-7-16/h13H,2-12H2,1H3,(H,19,20). The largest absolute Gasteiger partial charge is 0.481 e. The van der Waals surface area contributed by atoms with Crippen molar-refractivity contribution in [1.29, 1.82) is 0 Å². The Morgan fingerprint density at radius 2 is 1.95 bits per heavy atom. The minimum Gasteiger partial charge on any atom is -0.481 e. The maximum Gasteiger partial charge on any atom is 0.303 e. The summed E-state index contributed by atoms with van der Waals surface area (Å²) >= 11 is 0. The first kappa shape index (κ1) is 16.3. The molecule has 1 N–H and O–H groups in total. The fourth-order valence-electron chi connectivity index (χ4n) is 3.96. The van der Waals surface area contributed by atoms with Gasteiger partial charge >= 0.3 is 5.97 Å². The fourth-order valence-corrected chi connectivity index (χ4v) is 3.96. The molecular formula is C16H27NO4. The molecule has 2 fully saturated rings. The van der Waals surface area contributed by atoms with Gasteiger partial charge in [0.25, 0.3) is 0 Å². The van der Waals surface area contributed by atoms with Crippen molar-refractivity contribution in [3.8, 4) is 0 Å². The highest BCUT2D eigenvalue weighted by atomic mass is 16.5. The van der Waals surface area contributed by atoms with E-state index < -0.39 is 5.97 Å². The summed E-state index contributed by atoms with van der Waals surface area (Å²) in [7, 11) is 1.70. The van der Waals surface area contributed by atoms with Crippen molar-refractivity contribution in [2.24, 2.45) is 11.3 Å². The second-order valence-corrected chi connectivity index (χ2v) is 6.76. The molecule has 0 aromatic rings. The minimum atomic E-state index is -0.777. The number of ether oxygens (including phenoxy) is 1. The Labute approximate surface area is 126 Å². The van der Waals surface area contributed by atoms with Crippen molar-refractivity contribution in [3.63, 3.8) is 0 Å². The minimum absolute atomic E-state index is 0.133. The smallest absolute Gasteiger partial charge is 0.303 e. The average molecular weight is 297 g/mol. The van der Waals surface area contributed by atoms with Gasteiger partial charge in [-0.2, -0.15) is 0 Å². The number of methoxy groups -OCH3 is 1. The summed E-state index contributed by atoms with van der Waals surface area (Å²) < 4.78 is 5.20. The summed E-state index contributed by atoms with van der Waals surface area (Å²) in [6.45, 7) is 2.27. The van der Waals surface area contributed by atoms with E-state index >= 15 is 0 Å². The number of piperidine rings is 1. The number of likely N-dealkylation sites (tertiary alicyclic amines) is 1. The molecule has 0 radical (unpaired) electrons. The highest BCUT2D eigenvalue weighted by Crippen LogP contribution is 2.44. The van der Waals surface area contributed by atoms with E-state index in [-0.39, 0.29) is 17.7 Å². The van der Waals surface area contributed by atoms with Crippen LogP contribution in [0.4, 0.5) is 0 Å². The van der Waals surface area contributed by atoms with Gasteiger partial charge in [-0.3, -0.25) is 9.59 Å². The third-order valence-electron chi connectivity index (χ3n) is 4.99. The number of carbonyl (C=O) groups is 2. The van der Waals surface area contributed by atoms with E-state index in [1.165, 1.54) is 0 Å². The summed E-state index contributed by atoms with van der Waals surface area (Å²) in [4.78, 5) is 25.6. The zero-order valence-corrected chi connectivity index (χ0v) is 13.0. The normalized spacial score (nSPS) is 25.0. The third-order valence-corrected chi connectivity index (χ3v) is 4.99. The molecule has 5 heteroatoms. The van der Waals surface area contributed by atoms with E-state index in [0.29, 0.717) is 18.9 Å². The van der Waals surface area contributed by atoms with Gasteiger partial charge in [-0.1, -0.05) is 12.8 Å². The lowest BCUT2D eigenvalue weighted by Crippen LogP contribution is -2.43. The first-order valence-electron chi connectivity index (χ1n) is 8.03. The van der Waals surface area contributed by atoms with Crippen LogP contribution in [0.2, 0.25) is 0 Å². The molecule has 2 rings (SSSR count). The number of aliphatic carboxylic acids is 1. The van der Waals surface area contributed by atoms with Gasteiger partial charge in [0.05, 0.1) is 13.0 Å². The number of hydrogen-bond acceptors (Lipinski definition) is 3. The lowest BCUT2D eigenvalue weighted by atomic mass is 9.79. The Balaban J connectivity index is 1.93. The second-order valence-electron chi connectivity index (χ2n) is 6.76. The van der Waals surface area contributed by atoms with Crippen LogP contribution in [0.3, 0.4) is 0 Å². The molecule has 1 heterocycles. The Bertz CT molecular complexity index is 374. The highest BCUT2D eigenvalue weighted by molar-refractivity contribution is 5.78. The second kappa shape index (κ2) is 7.25. The third kappa shape index (κ3) is 4.43. The summed E-state index contributed by atoms with van der Waals surface area (Å²) in [5, 5.41) is 9.13. The van der Waals surface area contributed by atoms with Crippen LogP contribution < -0.4 is 0 Å². The van der Waals surface area contributed by atoms with Crippen LogP contribution in [0, 0.1) is 11.3 Å². The molecule has 0 aromatic carbocycles. The molecule has 0 spiro atoms. The van der Waals surface area contributed by atoms with Gasteiger partial charge in [-0.25, -0.2) is 0 Å². The van der Waals surface area contributed by atoms with E-state index in [4.69, 9.17) is 9.84 Å². The zero-order valence-electron chi connectivity index (χ0n) is 13.0. The Kier molecular flexibility index (Phi) is 5.62. The summed E-state index contributed by atoms with van der Waals surface area (Å²) in [6, 6.07) is 0. The summed E-state index contributed by atoms with van der Waals surface area (Å²) in [5.74, 6) is -0.216. The van der Waals surface area contributed by atoms with Gasteiger partial charge in [0.1, 0.15) is 0 Å². The van der Waals surface area contributed by atoms with Gasteiger partial charge in [0, 0.05) is 26.6 Å². The van der Waals surface area contributed by atoms with E-state index in [9.17, 15) is 9.59 Å². The average Bonchev–Trinajstić information content (AvgIpc) is 2.86. The van der Waals surface area contributed by atoms with E-state index in [1.54, 1.807) is 7.11 Å². The first-order valence-corrected chi connectivity index (χ1v) is 8.03. The molecule has 1 aliphatic heterocycles. The molecule has 1 saturated carbocycles. The predicted molar refractivity (Wildman–Crippen MR) is 79.0 cm³/mol. The summed E-state index contributed by atoms with van der Waals surface area (Å²) in [6.07, 6.45) is 6.51. The summed E-state index contributed by atoms with van der Waals surface area (Å²) in [5.41, 5.74) is -0.295. The van der Waals surface area contributed by atoms with Crippen LogP contribution in [0.1, 0.15) is 51.4 Å². The number of nitrogens with zero attached hydrogens (tertiary/aromatic N) is 1. The van der Waals surface area contributed by atoms with Crippen molar-refractivity contribution in [3.05, 3.63) is 0 Å². The van der Waals surface area contributed by atoms with Crippen molar-refractivity contribution in [2.45, 2.75) is 51.4 Å². The van der Waals surface area contributed by atoms with Gasteiger partial charge in [0.15, 0.2) is 0 Å². The Morgan fingerprint density at radius 3 is 2.57 bits per heavy atom. The molecule has 1 saturated heterocycles. The van der Waals surface area contributed by atoms with Crippen LogP contribution in [0.5, 0.6) is 0 Å². The van der Waals surface area contributed by atoms with Gasteiger partial charge in [0.2, 0.25) is 5.91 Å². The van der Waals surface area contributed by atoms with Gasteiger partial charge < -0.3 is 14.7 Å². The molecule has 21 heavy (non-hydrogen) atoms. The van der Waals surface area contributed by atoms with Crippen LogP contribution >= 0.6 is 0 Å². The van der Waals surface area contributed by atoms with Gasteiger partial charge in [-0.05, 0) is 37.0 Å². The lowest BCUT2D eigenvalue weighted by Gasteiger charge is -2.35. The van der Waals surface area contributed by atoms with E-state index in [1.807, 2.05) is 4.90 Å². The Hall–Kier alpha value is -1.10. The van der Waals surface area contributed by atoms with E-state index in [0.717, 1.165) is 51.6 Å². The first-order chi connectivity index (χ1) is 10.0. The fraction of sp³-hybridized carbons (Fsp3) is 0.875. The molecule has 2 aliphatic rings. The monoisotopic (exact) mass is 297 g/mol. The SMILES string of the molecule is COCC1CCCN(C(=O)CC2(CC(=O)O)CCCC2)C1. The zero-order chi connectivity index (χ0) is 15.3. The van der Waals surface area contributed by atoms with Crippen LogP contribution in [0.15, 0.2) is 0 Å². The van der Waals surface area contributed by atoms with E-state index in [2.05, 4.69) is 0 Å². The Morgan fingerprint density at radius 1 is 1.24 bits per heavy atom. The number of hydrogen-bond donors (Lipinski definition) is 1. The van der Waals surface area contributed by atoms with Crippen LogP contribution in [-0.4, -0.2) is 48.7 Å².